The Hall–Kier alpha value is -1.90. The first-order valence-corrected chi connectivity index (χ1v) is 8.24. The molecule has 2 fully saturated rings. The van der Waals surface area contributed by atoms with Crippen molar-refractivity contribution in [1.82, 2.24) is 0 Å². The number of anilines is 1. The van der Waals surface area contributed by atoms with Gasteiger partial charge >= 0.3 is 0 Å². The van der Waals surface area contributed by atoms with Crippen molar-refractivity contribution in [2.75, 3.05) is 4.90 Å². The van der Waals surface area contributed by atoms with Gasteiger partial charge in [-0.2, -0.15) is 0 Å². The second-order valence-electron chi connectivity index (χ2n) is 7.10. The summed E-state index contributed by atoms with van der Waals surface area (Å²) in [6.07, 6.45) is 6.40. The van der Waals surface area contributed by atoms with Crippen molar-refractivity contribution in [2.24, 2.45) is 23.7 Å². The SMILES string of the molecule is CC(C)c1ccc(N2C(=O)[C@@H]3[C@@H](C2=O)[C@H]2C=C[C@H]3CC2)cc1. The highest BCUT2D eigenvalue weighted by Crippen LogP contribution is 2.50. The summed E-state index contributed by atoms with van der Waals surface area (Å²) >= 11 is 0. The fourth-order valence-corrected chi connectivity index (χ4v) is 4.34. The molecule has 22 heavy (non-hydrogen) atoms. The van der Waals surface area contributed by atoms with E-state index in [0.29, 0.717) is 5.92 Å². The highest BCUT2D eigenvalue weighted by Gasteiger charge is 2.56. The van der Waals surface area contributed by atoms with Gasteiger partial charge in [0.15, 0.2) is 0 Å². The number of rotatable bonds is 2. The smallest absolute Gasteiger partial charge is 0.238 e. The normalized spacial score (nSPS) is 33.0. The molecule has 2 amide bonds. The summed E-state index contributed by atoms with van der Waals surface area (Å²) < 4.78 is 0. The standard InChI is InChI=1S/C19H21NO2/c1-11(2)12-7-9-15(10-8-12)20-18(21)16-13-3-4-14(6-5-13)17(16)19(20)22/h3-4,7-11,13-14,16-17H,5-6H2,1-2H3/t13-,14-,16-,17-/m0/s1. The number of imide groups is 1. The maximum atomic E-state index is 12.8. The van der Waals surface area contributed by atoms with Gasteiger partial charge in [-0.25, -0.2) is 0 Å². The molecular weight excluding hydrogens is 274 g/mol. The Morgan fingerprint density at radius 2 is 1.41 bits per heavy atom. The van der Waals surface area contributed by atoms with E-state index in [9.17, 15) is 9.59 Å². The Labute approximate surface area is 131 Å². The fourth-order valence-electron chi connectivity index (χ4n) is 4.34. The number of amides is 2. The molecule has 5 rings (SSSR count). The Morgan fingerprint density at radius 3 is 1.82 bits per heavy atom. The highest BCUT2D eigenvalue weighted by atomic mass is 16.2. The maximum absolute atomic E-state index is 12.8. The summed E-state index contributed by atoms with van der Waals surface area (Å²) in [5.41, 5.74) is 1.95. The zero-order chi connectivity index (χ0) is 15.4. The van der Waals surface area contributed by atoms with Crippen LogP contribution in [-0.2, 0) is 9.59 Å². The van der Waals surface area contributed by atoms with Crippen LogP contribution in [0.5, 0.6) is 0 Å². The third kappa shape index (κ3) is 1.81. The minimum absolute atomic E-state index is 0.00588. The van der Waals surface area contributed by atoms with E-state index in [0.717, 1.165) is 18.5 Å². The van der Waals surface area contributed by atoms with E-state index in [2.05, 4.69) is 26.0 Å². The summed E-state index contributed by atoms with van der Waals surface area (Å²) in [6.45, 7) is 4.28. The lowest BCUT2D eigenvalue weighted by Crippen LogP contribution is -2.38. The van der Waals surface area contributed by atoms with Crippen LogP contribution in [0.15, 0.2) is 36.4 Å². The van der Waals surface area contributed by atoms with E-state index in [1.165, 1.54) is 10.5 Å². The van der Waals surface area contributed by atoms with Gasteiger partial charge in [-0.05, 0) is 48.3 Å². The minimum Gasteiger partial charge on any atom is -0.274 e. The molecule has 0 N–H and O–H groups in total. The van der Waals surface area contributed by atoms with E-state index >= 15 is 0 Å². The fraction of sp³-hybridized carbons (Fsp3) is 0.474. The Kier molecular flexibility index (Phi) is 3.00. The first kappa shape index (κ1) is 13.7. The van der Waals surface area contributed by atoms with E-state index in [-0.39, 0.29) is 35.5 Å². The van der Waals surface area contributed by atoms with Crippen LogP contribution >= 0.6 is 0 Å². The van der Waals surface area contributed by atoms with E-state index in [1.54, 1.807) is 0 Å². The molecule has 4 atom stereocenters. The molecule has 1 aliphatic heterocycles. The summed E-state index contributed by atoms with van der Waals surface area (Å²) in [5, 5.41) is 0. The molecule has 1 saturated heterocycles. The number of allylic oxidation sites excluding steroid dienone is 2. The van der Waals surface area contributed by atoms with Gasteiger partial charge in [0.25, 0.3) is 0 Å². The van der Waals surface area contributed by atoms with Gasteiger partial charge in [-0.3, -0.25) is 14.5 Å². The van der Waals surface area contributed by atoms with Gasteiger partial charge in [0, 0.05) is 0 Å². The summed E-state index contributed by atoms with van der Waals surface area (Å²) in [5.74, 6) is 0.721. The first-order chi connectivity index (χ1) is 10.6. The molecule has 2 bridgehead atoms. The lowest BCUT2D eigenvalue weighted by Gasteiger charge is -2.38. The molecule has 1 heterocycles. The first-order valence-electron chi connectivity index (χ1n) is 8.24. The van der Waals surface area contributed by atoms with Crippen LogP contribution in [0, 0.1) is 23.7 Å². The van der Waals surface area contributed by atoms with Crippen molar-refractivity contribution < 1.29 is 9.59 Å². The van der Waals surface area contributed by atoms with Gasteiger partial charge in [0.1, 0.15) is 0 Å². The Bertz CT molecular complexity index is 627. The quantitative estimate of drug-likeness (QED) is 0.618. The zero-order valence-electron chi connectivity index (χ0n) is 13.0. The number of carbonyl (C=O) groups is 2. The molecule has 3 aliphatic carbocycles. The number of benzene rings is 1. The summed E-state index contributed by atoms with van der Waals surface area (Å²) in [6, 6.07) is 7.88. The molecule has 3 nitrogen and oxygen atoms in total. The molecule has 114 valence electrons. The topological polar surface area (TPSA) is 37.4 Å². The van der Waals surface area contributed by atoms with Crippen LogP contribution in [-0.4, -0.2) is 11.8 Å². The second-order valence-corrected chi connectivity index (χ2v) is 7.10. The predicted molar refractivity (Wildman–Crippen MR) is 85.4 cm³/mol. The number of hydrogen-bond donors (Lipinski definition) is 0. The predicted octanol–water partition coefficient (Wildman–Crippen LogP) is 3.51. The second kappa shape index (κ2) is 4.80. The largest absolute Gasteiger partial charge is 0.274 e. The van der Waals surface area contributed by atoms with Gasteiger partial charge < -0.3 is 0 Å². The van der Waals surface area contributed by atoms with Gasteiger partial charge in [0.05, 0.1) is 17.5 Å². The van der Waals surface area contributed by atoms with Crippen LogP contribution in [0.25, 0.3) is 0 Å². The number of hydrogen-bond acceptors (Lipinski definition) is 2. The van der Waals surface area contributed by atoms with Crippen molar-refractivity contribution >= 4 is 17.5 Å². The molecule has 1 aromatic carbocycles. The molecular formula is C19H21NO2. The van der Waals surface area contributed by atoms with Crippen molar-refractivity contribution in [2.45, 2.75) is 32.6 Å². The van der Waals surface area contributed by atoms with Gasteiger partial charge in [-0.1, -0.05) is 38.1 Å². The van der Waals surface area contributed by atoms with Crippen LogP contribution in [0.1, 0.15) is 38.2 Å². The average molecular weight is 295 g/mol. The molecule has 1 aromatic rings. The zero-order valence-corrected chi connectivity index (χ0v) is 13.0. The molecule has 0 radical (unpaired) electrons. The van der Waals surface area contributed by atoms with E-state index in [1.807, 2.05) is 24.3 Å². The Morgan fingerprint density at radius 1 is 0.909 bits per heavy atom. The van der Waals surface area contributed by atoms with Gasteiger partial charge in [0.2, 0.25) is 11.8 Å². The number of carbonyl (C=O) groups excluding carboxylic acids is 2. The van der Waals surface area contributed by atoms with E-state index in [4.69, 9.17) is 0 Å². The van der Waals surface area contributed by atoms with Crippen molar-refractivity contribution in [1.29, 1.82) is 0 Å². The number of nitrogens with zero attached hydrogens (tertiary/aromatic N) is 1. The monoisotopic (exact) mass is 295 g/mol. The van der Waals surface area contributed by atoms with Gasteiger partial charge in [-0.15, -0.1) is 0 Å². The van der Waals surface area contributed by atoms with E-state index < -0.39 is 0 Å². The lowest BCUT2D eigenvalue weighted by atomic mass is 9.63. The maximum Gasteiger partial charge on any atom is 0.238 e. The minimum atomic E-state index is -0.124. The van der Waals surface area contributed by atoms with Crippen LogP contribution in [0.3, 0.4) is 0 Å². The van der Waals surface area contributed by atoms with Crippen LogP contribution in [0.2, 0.25) is 0 Å². The average Bonchev–Trinajstić information content (AvgIpc) is 2.82. The Balaban J connectivity index is 1.69. The molecule has 1 saturated carbocycles. The summed E-state index contributed by atoms with van der Waals surface area (Å²) in [4.78, 5) is 27.1. The van der Waals surface area contributed by atoms with Crippen molar-refractivity contribution in [3.05, 3.63) is 42.0 Å². The molecule has 4 aliphatic rings. The third-order valence-electron chi connectivity index (χ3n) is 5.58. The lowest BCUT2D eigenvalue weighted by molar-refractivity contribution is -0.124. The molecule has 0 aromatic heterocycles. The highest BCUT2D eigenvalue weighted by molar-refractivity contribution is 6.22. The van der Waals surface area contributed by atoms with Crippen molar-refractivity contribution in [3.8, 4) is 0 Å². The molecule has 0 spiro atoms. The molecule has 3 heteroatoms. The van der Waals surface area contributed by atoms with Crippen molar-refractivity contribution in [3.63, 3.8) is 0 Å². The van der Waals surface area contributed by atoms with Crippen LogP contribution < -0.4 is 4.90 Å². The number of fused-ring (bicyclic) bond motifs is 1. The van der Waals surface area contributed by atoms with Crippen LogP contribution in [0.4, 0.5) is 5.69 Å². The molecule has 0 unspecified atom stereocenters. The summed E-state index contributed by atoms with van der Waals surface area (Å²) in [7, 11) is 0. The third-order valence-corrected chi connectivity index (χ3v) is 5.58.